The Morgan fingerprint density at radius 1 is 1.30 bits per heavy atom. The maximum Gasteiger partial charge on any atom is 0.234 e. The molecule has 1 aromatic carbocycles. The maximum absolute atomic E-state index is 13.6. The molecule has 2 heterocycles. The minimum absolute atomic E-state index is 0.108. The number of aromatic nitrogens is 3. The molecular formula is C19H18FN5O2. The highest BCUT2D eigenvalue weighted by molar-refractivity contribution is 5.95. The van der Waals surface area contributed by atoms with Crippen LogP contribution < -0.4 is 15.8 Å². The molecule has 3 aromatic rings. The first-order valence-corrected chi connectivity index (χ1v) is 8.19. The van der Waals surface area contributed by atoms with Crippen LogP contribution in [-0.2, 0) is 4.79 Å². The average molecular weight is 367 g/mol. The van der Waals surface area contributed by atoms with Crippen molar-refractivity contribution in [3.8, 4) is 17.0 Å². The van der Waals surface area contributed by atoms with E-state index in [1.807, 2.05) is 0 Å². The summed E-state index contributed by atoms with van der Waals surface area (Å²) in [5.41, 5.74) is 7.62. The molecule has 7 nitrogen and oxygen atoms in total. The van der Waals surface area contributed by atoms with Crippen molar-refractivity contribution in [2.24, 2.45) is 5.73 Å². The lowest BCUT2D eigenvalue weighted by atomic mass is 10.0. The van der Waals surface area contributed by atoms with Crippen molar-refractivity contribution in [1.29, 1.82) is 0 Å². The first-order chi connectivity index (χ1) is 13.1. The van der Waals surface area contributed by atoms with Crippen LogP contribution in [0.25, 0.3) is 11.3 Å². The second kappa shape index (κ2) is 8.33. The quantitative estimate of drug-likeness (QED) is 0.693. The molecule has 0 aliphatic heterocycles. The normalized spacial score (nSPS) is 11.7. The predicted molar refractivity (Wildman–Crippen MR) is 98.6 cm³/mol. The Kier molecular flexibility index (Phi) is 5.68. The first kappa shape index (κ1) is 18.4. The van der Waals surface area contributed by atoms with Crippen LogP contribution in [-0.4, -0.2) is 34.5 Å². The molecule has 0 radical (unpaired) electrons. The summed E-state index contributed by atoms with van der Waals surface area (Å²) in [6.07, 6.45) is 4.55. The van der Waals surface area contributed by atoms with Gasteiger partial charge in [-0.2, -0.15) is 0 Å². The summed E-state index contributed by atoms with van der Waals surface area (Å²) >= 11 is 0. The van der Waals surface area contributed by atoms with E-state index in [1.165, 1.54) is 25.6 Å². The smallest absolute Gasteiger partial charge is 0.234 e. The predicted octanol–water partition coefficient (Wildman–Crippen LogP) is 2.37. The Hall–Kier alpha value is -3.39. The van der Waals surface area contributed by atoms with E-state index < -0.39 is 11.7 Å². The second-order valence-corrected chi connectivity index (χ2v) is 5.70. The molecular weight excluding hydrogens is 349 g/mol. The highest BCUT2D eigenvalue weighted by Crippen LogP contribution is 2.26. The monoisotopic (exact) mass is 367 g/mol. The fourth-order valence-corrected chi connectivity index (χ4v) is 2.59. The van der Waals surface area contributed by atoms with Crippen LogP contribution in [0.4, 0.5) is 10.2 Å². The van der Waals surface area contributed by atoms with Crippen LogP contribution in [0.2, 0.25) is 0 Å². The van der Waals surface area contributed by atoms with Crippen LogP contribution in [0.15, 0.2) is 55.1 Å². The summed E-state index contributed by atoms with van der Waals surface area (Å²) in [4.78, 5) is 24.8. The van der Waals surface area contributed by atoms with Crippen LogP contribution >= 0.6 is 0 Å². The van der Waals surface area contributed by atoms with E-state index >= 15 is 0 Å². The molecule has 2 aromatic heterocycles. The van der Waals surface area contributed by atoms with Crippen molar-refractivity contribution in [2.45, 2.75) is 5.92 Å². The fraction of sp³-hybridized carbons (Fsp3) is 0.158. The lowest BCUT2D eigenvalue weighted by molar-refractivity contribution is -0.117. The second-order valence-electron chi connectivity index (χ2n) is 5.70. The topological polar surface area (TPSA) is 103 Å². The zero-order valence-corrected chi connectivity index (χ0v) is 14.6. The Balaban J connectivity index is 1.82. The summed E-state index contributed by atoms with van der Waals surface area (Å²) in [6, 6.07) is 9.53. The molecule has 0 aliphatic rings. The van der Waals surface area contributed by atoms with Gasteiger partial charge in [-0.05, 0) is 29.8 Å². The third-order valence-corrected chi connectivity index (χ3v) is 4.00. The molecule has 27 heavy (non-hydrogen) atoms. The summed E-state index contributed by atoms with van der Waals surface area (Å²) in [6.45, 7) is 0.130. The number of nitrogens with one attached hydrogen (secondary N) is 1. The molecule has 1 atom stereocenters. The van der Waals surface area contributed by atoms with E-state index in [1.54, 1.807) is 36.7 Å². The standard InChI is InChI=1S/C19H18FN5O2/c1-27-17-7-12(4-5-15(17)20)16-8-18(24-11-23-16)25-19(26)14(9-21)13-3-2-6-22-10-13/h2-8,10-11,14H,9,21H2,1H3,(H,23,24,25,26). The number of carbonyl (C=O) groups excluding carboxylic acids is 1. The number of amides is 1. The van der Waals surface area contributed by atoms with Gasteiger partial charge >= 0.3 is 0 Å². The lowest BCUT2D eigenvalue weighted by Crippen LogP contribution is -2.27. The van der Waals surface area contributed by atoms with Crippen LogP contribution in [0.5, 0.6) is 5.75 Å². The highest BCUT2D eigenvalue weighted by atomic mass is 19.1. The maximum atomic E-state index is 13.6. The van der Waals surface area contributed by atoms with E-state index in [2.05, 4.69) is 20.3 Å². The van der Waals surface area contributed by atoms with Gasteiger partial charge < -0.3 is 15.8 Å². The largest absolute Gasteiger partial charge is 0.494 e. The molecule has 0 aliphatic carbocycles. The molecule has 1 unspecified atom stereocenters. The van der Waals surface area contributed by atoms with Gasteiger partial charge in [-0.1, -0.05) is 6.07 Å². The Morgan fingerprint density at radius 3 is 2.85 bits per heavy atom. The van der Waals surface area contributed by atoms with Gasteiger partial charge in [0.05, 0.1) is 18.7 Å². The van der Waals surface area contributed by atoms with Gasteiger partial charge in [0.2, 0.25) is 5.91 Å². The number of rotatable bonds is 6. The summed E-state index contributed by atoms with van der Waals surface area (Å²) in [5, 5.41) is 2.74. The minimum atomic E-state index is -0.553. The van der Waals surface area contributed by atoms with Crippen LogP contribution in [0.3, 0.4) is 0 Å². The van der Waals surface area contributed by atoms with Gasteiger partial charge in [0.25, 0.3) is 0 Å². The molecule has 0 saturated carbocycles. The van der Waals surface area contributed by atoms with Crippen LogP contribution in [0.1, 0.15) is 11.5 Å². The Labute approximate surface area is 155 Å². The van der Waals surface area contributed by atoms with E-state index in [9.17, 15) is 9.18 Å². The summed E-state index contributed by atoms with van der Waals surface area (Å²) in [5.74, 6) is -0.895. The van der Waals surface area contributed by atoms with Gasteiger partial charge in [-0.25, -0.2) is 14.4 Å². The summed E-state index contributed by atoms with van der Waals surface area (Å²) < 4.78 is 18.6. The van der Waals surface area contributed by atoms with Gasteiger partial charge in [0.15, 0.2) is 11.6 Å². The molecule has 1 amide bonds. The van der Waals surface area contributed by atoms with Crippen molar-refractivity contribution in [1.82, 2.24) is 15.0 Å². The van der Waals surface area contributed by atoms with Gasteiger partial charge in [-0.3, -0.25) is 9.78 Å². The highest BCUT2D eigenvalue weighted by Gasteiger charge is 2.20. The van der Waals surface area contributed by atoms with E-state index in [4.69, 9.17) is 10.5 Å². The third-order valence-electron chi connectivity index (χ3n) is 4.00. The molecule has 3 rings (SSSR count). The van der Waals surface area contributed by atoms with Crippen molar-refractivity contribution in [3.05, 3.63) is 66.5 Å². The van der Waals surface area contributed by atoms with E-state index in [0.717, 1.165) is 5.56 Å². The molecule has 0 saturated heterocycles. The number of hydrogen-bond acceptors (Lipinski definition) is 6. The van der Waals surface area contributed by atoms with Crippen molar-refractivity contribution in [3.63, 3.8) is 0 Å². The number of pyridine rings is 1. The molecule has 3 N–H and O–H groups in total. The molecule has 0 spiro atoms. The number of nitrogens with zero attached hydrogens (tertiary/aromatic N) is 3. The molecule has 8 heteroatoms. The number of benzene rings is 1. The lowest BCUT2D eigenvalue weighted by Gasteiger charge is -2.14. The number of methoxy groups -OCH3 is 1. The van der Waals surface area contributed by atoms with E-state index in [-0.39, 0.29) is 18.2 Å². The van der Waals surface area contributed by atoms with Crippen molar-refractivity contribution < 1.29 is 13.9 Å². The molecule has 0 fully saturated rings. The third kappa shape index (κ3) is 4.24. The minimum Gasteiger partial charge on any atom is -0.494 e. The van der Waals surface area contributed by atoms with Gasteiger partial charge in [0.1, 0.15) is 12.1 Å². The molecule has 0 bridgehead atoms. The number of ether oxygens (including phenoxy) is 1. The Morgan fingerprint density at radius 2 is 2.15 bits per heavy atom. The Bertz CT molecular complexity index is 936. The summed E-state index contributed by atoms with van der Waals surface area (Å²) in [7, 11) is 1.39. The number of carbonyl (C=O) groups is 1. The zero-order chi connectivity index (χ0) is 19.2. The fourth-order valence-electron chi connectivity index (χ4n) is 2.59. The average Bonchev–Trinajstić information content (AvgIpc) is 2.70. The van der Waals surface area contributed by atoms with Crippen molar-refractivity contribution in [2.75, 3.05) is 19.0 Å². The van der Waals surface area contributed by atoms with E-state index in [0.29, 0.717) is 17.1 Å². The number of halogens is 1. The zero-order valence-electron chi connectivity index (χ0n) is 14.6. The van der Waals surface area contributed by atoms with Gasteiger partial charge in [-0.15, -0.1) is 0 Å². The number of hydrogen-bond donors (Lipinski definition) is 2. The van der Waals surface area contributed by atoms with Gasteiger partial charge in [0, 0.05) is 30.6 Å². The SMILES string of the molecule is COc1cc(-c2cc(NC(=O)C(CN)c3cccnc3)ncn2)ccc1F. The number of nitrogens with two attached hydrogens (primary N) is 1. The number of anilines is 1. The van der Waals surface area contributed by atoms with Crippen molar-refractivity contribution >= 4 is 11.7 Å². The van der Waals surface area contributed by atoms with Crippen LogP contribution in [0, 0.1) is 5.82 Å². The first-order valence-electron chi connectivity index (χ1n) is 8.19. The molecule has 138 valence electrons.